The van der Waals surface area contributed by atoms with Crippen LogP contribution in [0.2, 0.25) is 0 Å². The van der Waals surface area contributed by atoms with E-state index in [1.54, 1.807) is 23.5 Å². The van der Waals surface area contributed by atoms with Crippen LogP contribution in [0.25, 0.3) is 0 Å². The zero-order valence-corrected chi connectivity index (χ0v) is 22.8. The summed E-state index contributed by atoms with van der Waals surface area (Å²) < 4.78 is 16.7. The maximum atomic E-state index is 6.41. The molecule has 0 N–H and O–H groups in total. The molecule has 4 heterocycles. The first-order valence-corrected chi connectivity index (χ1v) is 15.2. The molecule has 0 amide bonds. The molecule has 2 aromatic carbocycles. The van der Waals surface area contributed by atoms with Crippen molar-refractivity contribution < 1.29 is 9.47 Å². The molecule has 10 heteroatoms. The van der Waals surface area contributed by atoms with Crippen molar-refractivity contribution >= 4 is 23.5 Å². The lowest BCUT2D eigenvalue weighted by molar-refractivity contribution is -0.0713. The average molecular weight is 549 g/mol. The minimum absolute atomic E-state index is 0.148. The molecule has 8 nitrogen and oxygen atoms in total. The predicted octanol–water partition coefficient (Wildman–Crippen LogP) is 5.25. The molecule has 4 atom stereocenters. The van der Waals surface area contributed by atoms with Crippen LogP contribution in [0.4, 0.5) is 0 Å². The molecule has 0 unspecified atom stereocenters. The summed E-state index contributed by atoms with van der Waals surface area (Å²) in [4.78, 5) is 2.48. The number of ether oxygens (including phenoxy) is 2. The van der Waals surface area contributed by atoms with Gasteiger partial charge in [-0.3, -0.25) is 0 Å². The Bertz CT molecular complexity index is 1190. The van der Waals surface area contributed by atoms with Gasteiger partial charge in [0.1, 0.15) is 0 Å². The third-order valence-electron chi connectivity index (χ3n) is 6.91. The van der Waals surface area contributed by atoms with Crippen molar-refractivity contribution in [3.63, 3.8) is 0 Å². The number of benzene rings is 2. The van der Waals surface area contributed by atoms with Crippen molar-refractivity contribution in [1.29, 1.82) is 0 Å². The van der Waals surface area contributed by atoms with Crippen molar-refractivity contribution in [1.82, 2.24) is 30.0 Å². The van der Waals surface area contributed by atoms with E-state index in [-0.39, 0.29) is 24.4 Å². The fraction of sp³-hybridized carbons (Fsp3) is 0.429. The van der Waals surface area contributed by atoms with Gasteiger partial charge in [-0.15, -0.1) is 33.7 Å². The van der Waals surface area contributed by atoms with Crippen LogP contribution in [-0.2, 0) is 34.1 Å². The Morgan fingerprint density at radius 1 is 0.632 bits per heavy atom. The van der Waals surface area contributed by atoms with Gasteiger partial charge in [-0.05, 0) is 49.9 Å². The smallest absolute Gasteiger partial charge is 0.0929 e. The Morgan fingerprint density at radius 3 is 1.53 bits per heavy atom. The molecule has 0 aliphatic carbocycles. The van der Waals surface area contributed by atoms with Gasteiger partial charge in [-0.2, -0.15) is 0 Å². The summed E-state index contributed by atoms with van der Waals surface area (Å²) in [6, 6.07) is 20.8. The molecule has 2 aromatic heterocycles. The second-order valence-electron chi connectivity index (χ2n) is 9.82. The molecule has 2 aliphatic heterocycles. The largest absolute Gasteiger partial charge is 0.370 e. The van der Waals surface area contributed by atoms with Crippen LogP contribution >= 0.6 is 23.5 Å². The molecule has 2 aliphatic rings. The maximum absolute atomic E-state index is 6.41. The number of rotatable bonds is 11. The van der Waals surface area contributed by atoms with Crippen LogP contribution in [0.1, 0.15) is 37.1 Å². The highest BCUT2D eigenvalue weighted by Gasteiger charge is 2.37. The highest BCUT2D eigenvalue weighted by atomic mass is 32.2. The molecule has 2 fully saturated rings. The zero-order valence-electron chi connectivity index (χ0n) is 21.2. The highest BCUT2D eigenvalue weighted by Crippen LogP contribution is 2.32. The standard InChI is InChI=1S/C28H32N6O2S2/c1-3-7-25(8-4-1)37-19-21-15-33(31-29-21)17-23-11-13-27(35-23)28-14-12-24(36-28)18-34-16-22(30-32-34)20-38-26-9-5-2-6-10-26/h1-10,15-16,23-24,27-28H,11-14,17-20H2/t23-,24-,27+,28+/m1/s1. The van der Waals surface area contributed by atoms with Gasteiger partial charge < -0.3 is 9.47 Å². The Hall–Kier alpha value is -2.66. The summed E-state index contributed by atoms with van der Waals surface area (Å²) in [5.41, 5.74) is 1.98. The topological polar surface area (TPSA) is 79.9 Å². The predicted molar refractivity (Wildman–Crippen MR) is 148 cm³/mol. The molecule has 6 rings (SSSR count). The summed E-state index contributed by atoms with van der Waals surface area (Å²) in [5, 5.41) is 17.4. The maximum Gasteiger partial charge on any atom is 0.0929 e. The van der Waals surface area contributed by atoms with Crippen LogP contribution < -0.4 is 0 Å². The number of nitrogens with zero attached hydrogens (tertiary/aromatic N) is 6. The van der Waals surface area contributed by atoms with Crippen LogP contribution in [-0.4, -0.2) is 54.4 Å². The summed E-state index contributed by atoms with van der Waals surface area (Å²) in [6.45, 7) is 1.47. The average Bonchev–Trinajstić information content (AvgIpc) is 3.77. The van der Waals surface area contributed by atoms with E-state index in [1.165, 1.54) is 9.79 Å². The van der Waals surface area contributed by atoms with E-state index in [0.717, 1.165) is 61.7 Å². The number of hydrogen-bond acceptors (Lipinski definition) is 8. The monoisotopic (exact) mass is 548 g/mol. The van der Waals surface area contributed by atoms with Crippen molar-refractivity contribution in [2.24, 2.45) is 0 Å². The number of hydrogen-bond donors (Lipinski definition) is 0. The van der Waals surface area contributed by atoms with Gasteiger partial charge >= 0.3 is 0 Å². The third kappa shape index (κ3) is 6.85. The molecule has 4 aromatic rings. The van der Waals surface area contributed by atoms with E-state index in [4.69, 9.17) is 9.47 Å². The van der Waals surface area contributed by atoms with E-state index in [1.807, 2.05) is 33.9 Å². The summed E-state index contributed by atoms with van der Waals surface area (Å²) in [5.74, 6) is 1.63. The van der Waals surface area contributed by atoms with Crippen molar-refractivity contribution in [3.05, 3.63) is 84.4 Å². The van der Waals surface area contributed by atoms with Gasteiger partial charge in [0.15, 0.2) is 0 Å². The summed E-state index contributed by atoms with van der Waals surface area (Å²) in [7, 11) is 0. The lowest BCUT2D eigenvalue weighted by Crippen LogP contribution is -2.29. The highest BCUT2D eigenvalue weighted by molar-refractivity contribution is 7.98. The van der Waals surface area contributed by atoms with Crippen LogP contribution in [0.5, 0.6) is 0 Å². The number of aromatic nitrogens is 6. The first-order chi connectivity index (χ1) is 18.8. The van der Waals surface area contributed by atoms with Crippen molar-refractivity contribution in [3.8, 4) is 0 Å². The molecular weight excluding hydrogens is 516 g/mol. The normalized spacial score (nSPS) is 23.3. The summed E-state index contributed by atoms with van der Waals surface area (Å²) >= 11 is 3.55. The fourth-order valence-electron chi connectivity index (χ4n) is 5.04. The second kappa shape index (κ2) is 12.5. The first kappa shape index (κ1) is 25.6. The first-order valence-electron chi connectivity index (χ1n) is 13.2. The van der Waals surface area contributed by atoms with E-state index in [0.29, 0.717) is 0 Å². The summed E-state index contributed by atoms with van der Waals surface area (Å²) in [6.07, 6.45) is 8.78. The molecule has 0 spiro atoms. The van der Waals surface area contributed by atoms with Gasteiger partial charge in [0, 0.05) is 33.7 Å². The van der Waals surface area contributed by atoms with Crippen molar-refractivity contribution in [2.45, 2.75) is 84.5 Å². The van der Waals surface area contributed by atoms with Gasteiger partial charge in [0.2, 0.25) is 0 Å². The Balaban J connectivity index is 0.925. The van der Waals surface area contributed by atoms with Crippen LogP contribution in [0, 0.1) is 0 Å². The lowest BCUT2D eigenvalue weighted by atomic mass is 10.1. The lowest BCUT2D eigenvalue weighted by Gasteiger charge is -2.20. The fourth-order valence-corrected chi connectivity index (χ4v) is 6.63. The zero-order chi connectivity index (χ0) is 25.6. The Labute approximate surface area is 231 Å². The van der Waals surface area contributed by atoms with Gasteiger partial charge in [0.25, 0.3) is 0 Å². The quantitative estimate of drug-likeness (QED) is 0.235. The molecule has 38 heavy (non-hydrogen) atoms. The van der Waals surface area contributed by atoms with Crippen molar-refractivity contribution in [2.75, 3.05) is 0 Å². The molecule has 0 bridgehead atoms. The minimum atomic E-state index is 0.148. The van der Waals surface area contributed by atoms with Gasteiger partial charge in [0.05, 0.1) is 48.9 Å². The number of thioether (sulfide) groups is 2. The minimum Gasteiger partial charge on any atom is -0.370 e. The molecule has 198 valence electrons. The molecule has 0 saturated carbocycles. The Morgan fingerprint density at radius 2 is 1.08 bits per heavy atom. The molecule has 2 saturated heterocycles. The SMILES string of the molecule is c1ccc(SCc2cn(C[C@H]3CC[C@@H]([C@@H]4CC[C@H](Cn5cc(CSc6ccccc6)nn5)O4)O3)nn2)cc1. The van der Waals surface area contributed by atoms with Crippen LogP contribution in [0.3, 0.4) is 0 Å². The van der Waals surface area contributed by atoms with E-state index >= 15 is 0 Å². The second-order valence-corrected chi connectivity index (χ2v) is 11.9. The Kier molecular flexibility index (Phi) is 8.40. The van der Waals surface area contributed by atoms with Crippen LogP contribution in [0.15, 0.2) is 82.8 Å². The molecule has 0 radical (unpaired) electrons. The molecular formula is C28H32N6O2S2. The van der Waals surface area contributed by atoms with E-state index in [2.05, 4.69) is 69.2 Å². The third-order valence-corrected chi connectivity index (χ3v) is 9.00. The van der Waals surface area contributed by atoms with Gasteiger partial charge in [-0.1, -0.05) is 46.8 Å². The van der Waals surface area contributed by atoms with E-state index in [9.17, 15) is 0 Å². The van der Waals surface area contributed by atoms with E-state index < -0.39 is 0 Å². The van der Waals surface area contributed by atoms with Gasteiger partial charge in [-0.25, -0.2) is 9.36 Å².